The zero-order valence-corrected chi connectivity index (χ0v) is 11.1. The molecule has 17 heavy (non-hydrogen) atoms. The monoisotopic (exact) mass is 252 g/mol. The lowest BCUT2D eigenvalue weighted by Gasteiger charge is -2.23. The Morgan fingerprint density at radius 2 is 2.24 bits per heavy atom. The Kier molecular flexibility index (Phi) is 4.36. The van der Waals surface area contributed by atoms with Gasteiger partial charge in [0.05, 0.1) is 0 Å². The summed E-state index contributed by atoms with van der Waals surface area (Å²) in [7, 11) is 0. The van der Waals surface area contributed by atoms with E-state index in [0.717, 1.165) is 12.4 Å². The number of aryl methyl sites for hydroxylation is 1. The van der Waals surface area contributed by atoms with Gasteiger partial charge in [0.25, 0.3) is 0 Å². The van der Waals surface area contributed by atoms with Crippen LogP contribution in [0, 0.1) is 0 Å². The number of rotatable bonds is 3. The van der Waals surface area contributed by atoms with Crippen molar-refractivity contribution in [3.05, 3.63) is 12.3 Å². The maximum absolute atomic E-state index is 5.29. The van der Waals surface area contributed by atoms with Crippen LogP contribution in [0.4, 0.5) is 5.82 Å². The number of aromatic nitrogens is 2. The van der Waals surface area contributed by atoms with Crippen LogP contribution >= 0.6 is 12.2 Å². The van der Waals surface area contributed by atoms with Gasteiger partial charge in [-0.1, -0.05) is 19.3 Å². The third-order valence-electron chi connectivity index (χ3n) is 3.15. The Bertz CT molecular complexity index is 368. The van der Waals surface area contributed by atoms with Crippen molar-refractivity contribution in [2.24, 2.45) is 0 Å². The zero-order valence-electron chi connectivity index (χ0n) is 10.3. The van der Waals surface area contributed by atoms with E-state index in [1.165, 1.54) is 32.1 Å². The second-order valence-corrected chi connectivity index (χ2v) is 4.90. The summed E-state index contributed by atoms with van der Waals surface area (Å²) in [6.45, 7) is 2.94. The molecule has 1 aliphatic carbocycles. The number of thiocarbonyl (C=S) groups is 1. The average Bonchev–Trinajstić information content (AvgIpc) is 2.78. The van der Waals surface area contributed by atoms with E-state index in [2.05, 4.69) is 22.7 Å². The molecular formula is C12H20N4S. The standard InChI is InChI=1S/C12H20N4S/c1-2-16-9-8-11(15-16)14-12(17)13-10-6-4-3-5-7-10/h8-10H,2-7H2,1H3,(H2,13,14,15,17). The summed E-state index contributed by atoms with van der Waals surface area (Å²) in [4.78, 5) is 0. The molecule has 0 spiro atoms. The SMILES string of the molecule is CCn1ccc(NC(=S)NC2CCCCC2)n1. The molecule has 94 valence electrons. The predicted molar refractivity (Wildman–Crippen MR) is 74.1 cm³/mol. The Morgan fingerprint density at radius 1 is 1.47 bits per heavy atom. The first kappa shape index (κ1) is 12.4. The van der Waals surface area contributed by atoms with Gasteiger partial charge in [0, 0.05) is 24.8 Å². The molecule has 0 saturated heterocycles. The zero-order chi connectivity index (χ0) is 12.1. The minimum atomic E-state index is 0.539. The van der Waals surface area contributed by atoms with Gasteiger partial charge in [-0.2, -0.15) is 5.10 Å². The van der Waals surface area contributed by atoms with Crippen molar-refractivity contribution >= 4 is 23.1 Å². The number of nitrogens with one attached hydrogen (secondary N) is 2. The van der Waals surface area contributed by atoms with Gasteiger partial charge in [0.1, 0.15) is 0 Å². The molecule has 2 N–H and O–H groups in total. The summed E-state index contributed by atoms with van der Waals surface area (Å²) in [6.07, 6.45) is 8.39. The molecule has 1 saturated carbocycles. The lowest BCUT2D eigenvalue weighted by molar-refractivity contribution is 0.414. The Balaban J connectivity index is 1.79. The third kappa shape index (κ3) is 3.70. The number of anilines is 1. The van der Waals surface area contributed by atoms with Crippen molar-refractivity contribution in [1.82, 2.24) is 15.1 Å². The molecule has 4 nitrogen and oxygen atoms in total. The molecule has 1 heterocycles. The predicted octanol–water partition coefficient (Wildman–Crippen LogP) is 2.52. The van der Waals surface area contributed by atoms with E-state index >= 15 is 0 Å². The molecule has 1 aliphatic rings. The molecular weight excluding hydrogens is 232 g/mol. The minimum Gasteiger partial charge on any atom is -0.360 e. The Labute approximate surface area is 108 Å². The molecule has 1 aromatic heterocycles. The van der Waals surface area contributed by atoms with E-state index in [-0.39, 0.29) is 0 Å². The van der Waals surface area contributed by atoms with Crippen LogP contribution < -0.4 is 10.6 Å². The smallest absolute Gasteiger partial charge is 0.172 e. The molecule has 1 fully saturated rings. The van der Waals surface area contributed by atoms with Gasteiger partial charge in [0.2, 0.25) is 0 Å². The molecule has 2 rings (SSSR count). The fraction of sp³-hybridized carbons (Fsp3) is 0.667. The van der Waals surface area contributed by atoms with Crippen molar-refractivity contribution < 1.29 is 0 Å². The van der Waals surface area contributed by atoms with Gasteiger partial charge >= 0.3 is 0 Å². The molecule has 0 bridgehead atoms. The van der Waals surface area contributed by atoms with Gasteiger partial charge in [-0.25, -0.2) is 0 Å². The highest BCUT2D eigenvalue weighted by molar-refractivity contribution is 7.80. The van der Waals surface area contributed by atoms with E-state index in [0.29, 0.717) is 11.2 Å². The minimum absolute atomic E-state index is 0.539. The fourth-order valence-corrected chi connectivity index (χ4v) is 2.46. The van der Waals surface area contributed by atoms with Crippen molar-refractivity contribution in [3.63, 3.8) is 0 Å². The van der Waals surface area contributed by atoms with E-state index in [4.69, 9.17) is 12.2 Å². The maximum atomic E-state index is 5.29. The summed E-state index contributed by atoms with van der Waals surface area (Å²) in [6, 6.07) is 2.48. The highest BCUT2D eigenvalue weighted by atomic mass is 32.1. The second-order valence-electron chi connectivity index (χ2n) is 4.49. The molecule has 0 amide bonds. The molecule has 0 aromatic carbocycles. The second kappa shape index (κ2) is 6.00. The third-order valence-corrected chi connectivity index (χ3v) is 3.37. The van der Waals surface area contributed by atoms with Gasteiger partial charge in [0.15, 0.2) is 10.9 Å². The highest BCUT2D eigenvalue weighted by Crippen LogP contribution is 2.17. The summed E-state index contributed by atoms with van der Waals surface area (Å²) < 4.78 is 1.88. The molecule has 5 heteroatoms. The largest absolute Gasteiger partial charge is 0.360 e. The highest BCUT2D eigenvalue weighted by Gasteiger charge is 2.14. The van der Waals surface area contributed by atoms with Crippen molar-refractivity contribution in [2.45, 2.75) is 51.6 Å². The number of nitrogens with zero attached hydrogens (tertiary/aromatic N) is 2. The number of hydrogen-bond acceptors (Lipinski definition) is 2. The Morgan fingerprint density at radius 3 is 2.88 bits per heavy atom. The maximum Gasteiger partial charge on any atom is 0.172 e. The first-order valence-electron chi connectivity index (χ1n) is 6.39. The fourth-order valence-electron chi connectivity index (χ4n) is 2.19. The molecule has 0 atom stereocenters. The van der Waals surface area contributed by atoms with Gasteiger partial charge < -0.3 is 10.6 Å². The lowest BCUT2D eigenvalue weighted by atomic mass is 9.96. The van der Waals surface area contributed by atoms with Crippen molar-refractivity contribution in [1.29, 1.82) is 0 Å². The van der Waals surface area contributed by atoms with Gasteiger partial charge in [-0.05, 0) is 32.0 Å². The van der Waals surface area contributed by atoms with Crippen LogP contribution in [0.1, 0.15) is 39.0 Å². The van der Waals surface area contributed by atoms with E-state index in [1.807, 2.05) is 16.9 Å². The topological polar surface area (TPSA) is 41.9 Å². The quantitative estimate of drug-likeness (QED) is 0.811. The summed E-state index contributed by atoms with van der Waals surface area (Å²) in [5, 5.41) is 11.5. The van der Waals surface area contributed by atoms with E-state index < -0.39 is 0 Å². The van der Waals surface area contributed by atoms with Crippen LogP contribution in [-0.4, -0.2) is 20.9 Å². The molecule has 0 unspecified atom stereocenters. The van der Waals surface area contributed by atoms with E-state index in [1.54, 1.807) is 0 Å². The summed E-state index contributed by atoms with van der Waals surface area (Å²) in [5.41, 5.74) is 0. The average molecular weight is 252 g/mol. The molecule has 0 radical (unpaired) electrons. The normalized spacial score (nSPS) is 16.8. The Hall–Kier alpha value is -1.10. The van der Waals surface area contributed by atoms with Gasteiger partial charge in [-0.3, -0.25) is 4.68 Å². The van der Waals surface area contributed by atoms with Gasteiger partial charge in [-0.15, -0.1) is 0 Å². The van der Waals surface area contributed by atoms with Crippen LogP contribution in [-0.2, 0) is 6.54 Å². The van der Waals surface area contributed by atoms with Crippen molar-refractivity contribution in [3.8, 4) is 0 Å². The van der Waals surface area contributed by atoms with Crippen LogP contribution in [0.15, 0.2) is 12.3 Å². The van der Waals surface area contributed by atoms with Crippen LogP contribution in [0.25, 0.3) is 0 Å². The number of hydrogen-bond donors (Lipinski definition) is 2. The summed E-state index contributed by atoms with van der Waals surface area (Å²) >= 11 is 5.29. The lowest BCUT2D eigenvalue weighted by Crippen LogP contribution is -2.38. The first-order chi connectivity index (χ1) is 8.28. The van der Waals surface area contributed by atoms with E-state index in [9.17, 15) is 0 Å². The van der Waals surface area contributed by atoms with Crippen LogP contribution in [0.5, 0.6) is 0 Å². The van der Waals surface area contributed by atoms with Crippen molar-refractivity contribution in [2.75, 3.05) is 5.32 Å². The van der Waals surface area contributed by atoms with Crippen LogP contribution in [0.3, 0.4) is 0 Å². The first-order valence-corrected chi connectivity index (χ1v) is 6.79. The van der Waals surface area contributed by atoms with Crippen LogP contribution in [0.2, 0.25) is 0 Å². The molecule has 0 aliphatic heterocycles. The summed E-state index contributed by atoms with van der Waals surface area (Å²) in [5.74, 6) is 0.820. The molecule has 1 aromatic rings.